The van der Waals surface area contributed by atoms with Gasteiger partial charge in [-0.3, -0.25) is 4.79 Å². The van der Waals surface area contributed by atoms with Crippen molar-refractivity contribution in [2.75, 3.05) is 12.4 Å². The van der Waals surface area contributed by atoms with Gasteiger partial charge in [0.25, 0.3) is 5.91 Å². The predicted molar refractivity (Wildman–Crippen MR) is 98.6 cm³/mol. The third-order valence-electron chi connectivity index (χ3n) is 3.50. The van der Waals surface area contributed by atoms with E-state index in [1.165, 1.54) is 11.3 Å². The molecule has 1 amide bonds. The molecule has 0 unspecified atom stereocenters. The molecule has 0 spiro atoms. The van der Waals surface area contributed by atoms with Crippen LogP contribution in [0.3, 0.4) is 0 Å². The average molecular weight is 354 g/mol. The second kappa shape index (κ2) is 7.81. The Balaban J connectivity index is 1.63. The van der Waals surface area contributed by atoms with Crippen molar-refractivity contribution in [3.8, 4) is 11.5 Å². The standard InChI is InChI=1S/C19H18N2O3S/c1-13-6-7-15(16(9-13)23-2)24-11-14-10-17(25-12-14)19(22)21-18-5-3-4-8-20-18/h3-10,12H,11H2,1-2H3,(H,20,21,22). The molecule has 0 saturated heterocycles. The summed E-state index contributed by atoms with van der Waals surface area (Å²) in [5, 5.41) is 4.68. The van der Waals surface area contributed by atoms with E-state index in [1.807, 2.05) is 42.6 Å². The number of aryl methyl sites for hydroxylation is 1. The number of carbonyl (C=O) groups is 1. The zero-order valence-electron chi connectivity index (χ0n) is 14.0. The van der Waals surface area contributed by atoms with E-state index in [2.05, 4.69) is 10.3 Å². The Kier molecular flexibility index (Phi) is 5.30. The number of pyridine rings is 1. The first-order valence-corrected chi connectivity index (χ1v) is 8.61. The molecule has 6 heteroatoms. The van der Waals surface area contributed by atoms with Crippen molar-refractivity contribution in [3.05, 3.63) is 70.0 Å². The lowest BCUT2D eigenvalue weighted by Crippen LogP contribution is -2.11. The van der Waals surface area contributed by atoms with Crippen LogP contribution in [0.25, 0.3) is 0 Å². The molecule has 0 aliphatic heterocycles. The normalized spacial score (nSPS) is 10.3. The molecule has 0 aliphatic rings. The molecule has 128 valence electrons. The lowest BCUT2D eigenvalue weighted by atomic mass is 10.2. The number of hydrogen-bond donors (Lipinski definition) is 1. The number of methoxy groups -OCH3 is 1. The summed E-state index contributed by atoms with van der Waals surface area (Å²) >= 11 is 1.37. The fourth-order valence-corrected chi connectivity index (χ4v) is 3.03. The van der Waals surface area contributed by atoms with Crippen molar-refractivity contribution < 1.29 is 14.3 Å². The number of carbonyl (C=O) groups excluding carboxylic acids is 1. The maximum atomic E-state index is 12.2. The van der Waals surface area contributed by atoms with Crippen molar-refractivity contribution >= 4 is 23.1 Å². The van der Waals surface area contributed by atoms with Crippen LogP contribution >= 0.6 is 11.3 Å². The first-order valence-electron chi connectivity index (χ1n) is 7.73. The minimum Gasteiger partial charge on any atom is -0.493 e. The second-order valence-corrected chi connectivity index (χ2v) is 6.34. The number of rotatable bonds is 6. The molecule has 3 aromatic rings. The largest absolute Gasteiger partial charge is 0.493 e. The van der Waals surface area contributed by atoms with E-state index in [1.54, 1.807) is 25.4 Å². The Hall–Kier alpha value is -2.86. The van der Waals surface area contributed by atoms with Gasteiger partial charge in [0.1, 0.15) is 12.4 Å². The molecular weight excluding hydrogens is 336 g/mol. The molecule has 0 atom stereocenters. The number of thiophene rings is 1. The molecule has 5 nitrogen and oxygen atoms in total. The molecule has 1 N–H and O–H groups in total. The molecule has 0 aliphatic carbocycles. The summed E-state index contributed by atoms with van der Waals surface area (Å²) in [6.07, 6.45) is 1.64. The number of ether oxygens (including phenoxy) is 2. The molecule has 25 heavy (non-hydrogen) atoms. The minimum absolute atomic E-state index is 0.178. The fourth-order valence-electron chi connectivity index (χ4n) is 2.24. The topological polar surface area (TPSA) is 60.5 Å². The lowest BCUT2D eigenvalue weighted by Gasteiger charge is -2.10. The van der Waals surface area contributed by atoms with Crippen molar-refractivity contribution in [2.24, 2.45) is 0 Å². The Morgan fingerprint density at radius 1 is 1.20 bits per heavy atom. The van der Waals surface area contributed by atoms with Crippen molar-refractivity contribution in [2.45, 2.75) is 13.5 Å². The van der Waals surface area contributed by atoms with E-state index in [-0.39, 0.29) is 5.91 Å². The fraction of sp³-hybridized carbons (Fsp3) is 0.158. The van der Waals surface area contributed by atoms with Gasteiger partial charge in [-0.1, -0.05) is 12.1 Å². The number of aromatic nitrogens is 1. The highest BCUT2D eigenvalue weighted by atomic mass is 32.1. The van der Waals surface area contributed by atoms with Crippen LogP contribution in [0.1, 0.15) is 20.8 Å². The summed E-state index contributed by atoms with van der Waals surface area (Å²) in [5.74, 6) is 1.73. The van der Waals surface area contributed by atoms with Gasteiger partial charge in [0.2, 0.25) is 0 Å². The Bertz CT molecular complexity index is 862. The smallest absolute Gasteiger partial charge is 0.266 e. The van der Waals surface area contributed by atoms with E-state index in [0.717, 1.165) is 11.1 Å². The number of nitrogens with zero attached hydrogens (tertiary/aromatic N) is 1. The van der Waals surface area contributed by atoms with Crippen LogP contribution in [-0.4, -0.2) is 18.0 Å². The number of anilines is 1. The quantitative estimate of drug-likeness (QED) is 0.717. The molecule has 0 fully saturated rings. The highest BCUT2D eigenvalue weighted by Crippen LogP contribution is 2.29. The number of benzene rings is 1. The maximum Gasteiger partial charge on any atom is 0.266 e. The van der Waals surface area contributed by atoms with Gasteiger partial charge in [0, 0.05) is 11.8 Å². The lowest BCUT2D eigenvalue weighted by molar-refractivity contribution is 0.103. The van der Waals surface area contributed by atoms with Crippen LogP contribution in [-0.2, 0) is 6.61 Å². The van der Waals surface area contributed by atoms with Crippen LogP contribution in [0.2, 0.25) is 0 Å². The van der Waals surface area contributed by atoms with Crippen LogP contribution in [0.5, 0.6) is 11.5 Å². The zero-order valence-corrected chi connectivity index (χ0v) is 14.8. The van der Waals surface area contributed by atoms with Gasteiger partial charge in [0.05, 0.1) is 12.0 Å². The highest BCUT2D eigenvalue weighted by molar-refractivity contribution is 7.12. The Labute approximate surface area is 150 Å². The van der Waals surface area contributed by atoms with E-state index in [9.17, 15) is 4.79 Å². The van der Waals surface area contributed by atoms with Crippen LogP contribution in [0.15, 0.2) is 54.0 Å². The average Bonchev–Trinajstić information content (AvgIpc) is 3.10. The van der Waals surface area contributed by atoms with Gasteiger partial charge < -0.3 is 14.8 Å². The summed E-state index contributed by atoms with van der Waals surface area (Å²) < 4.78 is 11.1. The van der Waals surface area contributed by atoms with Gasteiger partial charge >= 0.3 is 0 Å². The summed E-state index contributed by atoms with van der Waals surface area (Å²) in [5.41, 5.74) is 2.03. The molecular formula is C19H18N2O3S. The van der Waals surface area contributed by atoms with Gasteiger partial charge in [-0.2, -0.15) is 0 Å². The van der Waals surface area contributed by atoms with Crippen LogP contribution in [0.4, 0.5) is 5.82 Å². The third kappa shape index (κ3) is 4.36. The number of amides is 1. The van der Waals surface area contributed by atoms with Crippen LogP contribution < -0.4 is 14.8 Å². The zero-order chi connectivity index (χ0) is 17.6. The minimum atomic E-state index is -0.178. The molecule has 0 radical (unpaired) electrons. The summed E-state index contributed by atoms with van der Waals surface area (Å²) in [7, 11) is 1.62. The first-order chi connectivity index (χ1) is 12.2. The van der Waals surface area contributed by atoms with Gasteiger partial charge in [-0.15, -0.1) is 11.3 Å². The van der Waals surface area contributed by atoms with Crippen molar-refractivity contribution in [3.63, 3.8) is 0 Å². The maximum absolute atomic E-state index is 12.2. The molecule has 2 aromatic heterocycles. The van der Waals surface area contributed by atoms with E-state index in [0.29, 0.717) is 28.8 Å². The summed E-state index contributed by atoms with van der Waals surface area (Å²) in [4.78, 5) is 16.9. The Morgan fingerprint density at radius 3 is 2.84 bits per heavy atom. The molecule has 1 aromatic carbocycles. The molecule has 0 bridgehead atoms. The predicted octanol–water partition coefficient (Wildman–Crippen LogP) is 4.29. The second-order valence-electron chi connectivity index (χ2n) is 5.43. The molecule has 3 rings (SSSR count). The van der Waals surface area contributed by atoms with Gasteiger partial charge in [0.15, 0.2) is 11.5 Å². The van der Waals surface area contributed by atoms with Crippen molar-refractivity contribution in [1.29, 1.82) is 0 Å². The molecule has 2 heterocycles. The number of hydrogen-bond acceptors (Lipinski definition) is 5. The van der Waals surface area contributed by atoms with Crippen LogP contribution in [0, 0.1) is 6.92 Å². The number of nitrogens with one attached hydrogen (secondary N) is 1. The molecule has 0 saturated carbocycles. The summed E-state index contributed by atoms with van der Waals surface area (Å²) in [6, 6.07) is 13.0. The summed E-state index contributed by atoms with van der Waals surface area (Å²) in [6.45, 7) is 2.37. The van der Waals surface area contributed by atoms with Crippen molar-refractivity contribution in [1.82, 2.24) is 4.98 Å². The first kappa shape index (κ1) is 17.0. The SMILES string of the molecule is COc1cc(C)ccc1OCc1csc(C(=O)Nc2ccccn2)c1. The van der Waals surface area contributed by atoms with E-state index in [4.69, 9.17) is 9.47 Å². The van der Waals surface area contributed by atoms with E-state index < -0.39 is 0 Å². The van der Waals surface area contributed by atoms with E-state index >= 15 is 0 Å². The Morgan fingerprint density at radius 2 is 2.08 bits per heavy atom. The highest BCUT2D eigenvalue weighted by Gasteiger charge is 2.11. The van der Waals surface area contributed by atoms with Gasteiger partial charge in [-0.25, -0.2) is 4.98 Å². The monoisotopic (exact) mass is 354 g/mol. The third-order valence-corrected chi connectivity index (χ3v) is 4.48. The van der Waals surface area contributed by atoms with Gasteiger partial charge in [-0.05, 0) is 48.2 Å².